The monoisotopic (exact) mass is 235 g/mol. The zero-order valence-electron chi connectivity index (χ0n) is 11.7. The molecule has 1 unspecified atom stereocenters. The summed E-state index contributed by atoms with van der Waals surface area (Å²) in [6.45, 7) is 12.8. The van der Waals surface area contributed by atoms with Gasteiger partial charge in [0.2, 0.25) is 0 Å². The fourth-order valence-electron chi connectivity index (χ4n) is 3.49. The van der Waals surface area contributed by atoms with Crippen molar-refractivity contribution in [2.75, 3.05) is 6.54 Å². The van der Waals surface area contributed by atoms with Crippen LogP contribution in [0.4, 0.5) is 0 Å². The second kappa shape index (κ2) is 4.16. The van der Waals surface area contributed by atoms with Crippen molar-refractivity contribution in [2.45, 2.75) is 47.1 Å². The predicted molar refractivity (Wildman–Crippen MR) is 70.9 cm³/mol. The standard InChI is InChI=1S/C15H25NO/c1-6-16-12(9-11-7-8-17-10-11)13-14(2,3)15(13,4)5/h7-8,10,12-13,16H,6,9H2,1-5H3. The van der Waals surface area contributed by atoms with Crippen LogP contribution in [0.25, 0.3) is 0 Å². The molecule has 0 aliphatic heterocycles. The maximum atomic E-state index is 5.17. The highest BCUT2D eigenvalue weighted by Gasteiger charge is 2.66. The van der Waals surface area contributed by atoms with Crippen LogP contribution in [0, 0.1) is 16.7 Å². The Morgan fingerprint density at radius 2 is 1.94 bits per heavy atom. The number of rotatable bonds is 5. The van der Waals surface area contributed by atoms with E-state index in [0.717, 1.165) is 18.9 Å². The lowest BCUT2D eigenvalue weighted by Crippen LogP contribution is -2.35. The van der Waals surface area contributed by atoms with Gasteiger partial charge >= 0.3 is 0 Å². The zero-order valence-corrected chi connectivity index (χ0v) is 11.7. The van der Waals surface area contributed by atoms with Crippen LogP contribution in [0.3, 0.4) is 0 Å². The molecule has 1 aromatic heterocycles. The number of likely N-dealkylation sites (N-methyl/N-ethyl adjacent to an activating group) is 1. The average Bonchev–Trinajstić information content (AvgIpc) is 2.59. The number of hydrogen-bond acceptors (Lipinski definition) is 2. The third kappa shape index (κ3) is 2.03. The number of furan rings is 1. The molecule has 1 N–H and O–H groups in total. The molecule has 2 heteroatoms. The first-order chi connectivity index (χ1) is 7.91. The van der Waals surface area contributed by atoms with Gasteiger partial charge in [0.1, 0.15) is 0 Å². The van der Waals surface area contributed by atoms with Gasteiger partial charge in [0.15, 0.2) is 0 Å². The summed E-state index contributed by atoms with van der Waals surface area (Å²) in [5.74, 6) is 0.741. The van der Waals surface area contributed by atoms with Gasteiger partial charge < -0.3 is 9.73 Å². The summed E-state index contributed by atoms with van der Waals surface area (Å²) in [7, 11) is 0. The molecule has 1 heterocycles. The highest BCUT2D eigenvalue weighted by atomic mass is 16.3. The lowest BCUT2D eigenvalue weighted by atomic mass is 9.98. The summed E-state index contributed by atoms with van der Waals surface area (Å²) < 4.78 is 5.17. The Kier molecular flexibility index (Phi) is 3.11. The summed E-state index contributed by atoms with van der Waals surface area (Å²) in [5.41, 5.74) is 2.17. The van der Waals surface area contributed by atoms with Crippen molar-refractivity contribution < 1.29 is 4.42 Å². The largest absolute Gasteiger partial charge is 0.472 e. The van der Waals surface area contributed by atoms with Gasteiger partial charge in [-0.1, -0.05) is 34.6 Å². The molecule has 0 radical (unpaired) electrons. The summed E-state index contributed by atoms with van der Waals surface area (Å²) in [6, 6.07) is 2.63. The zero-order chi connectivity index (χ0) is 12.7. The first kappa shape index (κ1) is 12.7. The number of hydrogen-bond donors (Lipinski definition) is 1. The molecule has 0 saturated heterocycles. The van der Waals surface area contributed by atoms with Crippen LogP contribution in [-0.4, -0.2) is 12.6 Å². The van der Waals surface area contributed by atoms with Crippen molar-refractivity contribution in [2.24, 2.45) is 16.7 Å². The lowest BCUT2D eigenvalue weighted by molar-refractivity contribution is 0.402. The van der Waals surface area contributed by atoms with Gasteiger partial charge in [-0.2, -0.15) is 0 Å². The second-order valence-corrected chi connectivity index (χ2v) is 6.42. The van der Waals surface area contributed by atoms with Crippen molar-refractivity contribution in [1.82, 2.24) is 5.32 Å². The van der Waals surface area contributed by atoms with Gasteiger partial charge in [-0.05, 0) is 41.3 Å². The molecule has 0 aromatic carbocycles. The maximum absolute atomic E-state index is 5.17. The summed E-state index contributed by atoms with van der Waals surface area (Å²) in [4.78, 5) is 0. The first-order valence-corrected chi connectivity index (χ1v) is 6.65. The topological polar surface area (TPSA) is 25.2 Å². The molecule has 1 fully saturated rings. The molecule has 0 spiro atoms. The van der Waals surface area contributed by atoms with E-state index >= 15 is 0 Å². The van der Waals surface area contributed by atoms with Crippen LogP contribution >= 0.6 is 0 Å². The van der Waals surface area contributed by atoms with E-state index in [2.05, 4.69) is 46.0 Å². The summed E-state index contributed by atoms with van der Waals surface area (Å²) in [5, 5.41) is 3.65. The van der Waals surface area contributed by atoms with Crippen molar-refractivity contribution >= 4 is 0 Å². The van der Waals surface area contributed by atoms with E-state index in [9.17, 15) is 0 Å². The van der Waals surface area contributed by atoms with Crippen LogP contribution in [-0.2, 0) is 6.42 Å². The van der Waals surface area contributed by atoms with Crippen LogP contribution in [0.2, 0.25) is 0 Å². The van der Waals surface area contributed by atoms with Crippen molar-refractivity contribution in [3.8, 4) is 0 Å². The Bertz CT molecular complexity index is 350. The normalized spacial score (nSPS) is 23.6. The average molecular weight is 235 g/mol. The van der Waals surface area contributed by atoms with Crippen LogP contribution < -0.4 is 5.32 Å². The molecule has 1 atom stereocenters. The molecular formula is C15H25NO. The van der Waals surface area contributed by atoms with Gasteiger partial charge in [-0.15, -0.1) is 0 Å². The molecule has 0 bridgehead atoms. The quantitative estimate of drug-likeness (QED) is 0.845. The van der Waals surface area contributed by atoms with Gasteiger partial charge in [-0.3, -0.25) is 0 Å². The molecule has 0 amide bonds. The molecule has 1 aromatic rings. The smallest absolute Gasteiger partial charge is 0.0935 e. The first-order valence-electron chi connectivity index (χ1n) is 6.65. The van der Waals surface area contributed by atoms with Crippen LogP contribution in [0.5, 0.6) is 0 Å². The van der Waals surface area contributed by atoms with Crippen LogP contribution in [0.1, 0.15) is 40.2 Å². The fourth-order valence-corrected chi connectivity index (χ4v) is 3.49. The molecule has 1 aliphatic carbocycles. The highest BCUT2D eigenvalue weighted by molar-refractivity contribution is 5.19. The Balaban J connectivity index is 2.09. The molecular weight excluding hydrogens is 210 g/mol. The molecule has 96 valence electrons. The summed E-state index contributed by atoms with van der Waals surface area (Å²) >= 11 is 0. The summed E-state index contributed by atoms with van der Waals surface area (Å²) in [6.07, 6.45) is 4.70. The molecule has 1 saturated carbocycles. The SMILES string of the molecule is CCNC(Cc1ccoc1)C1C(C)(C)C1(C)C. The Morgan fingerprint density at radius 3 is 2.35 bits per heavy atom. The van der Waals surface area contributed by atoms with Crippen molar-refractivity contribution in [1.29, 1.82) is 0 Å². The second-order valence-electron chi connectivity index (χ2n) is 6.42. The van der Waals surface area contributed by atoms with E-state index in [1.54, 1.807) is 6.26 Å². The minimum atomic E-state index is 0.434. The fraction of sp³-hybridized carbons (Fsp3) is 0.733. The Hall–Kier alpha value is -0.760. The minimum Gasteiger partial charge on any atom is -0.472 e. The van der Waals surface area contributed by atoms with E-state index < -0.39 is 0 Å². The van der Waals surface area contributed by atoms with Gasteiger partial charge in [0, 0.05) is 6.04 Å². The third-order valence-electron chi connectivity index (χ3n) is 5.04. The van der Waals surface area contributed by atoms with Gasteiger partial charge in [-0.25, -0.2) is 0 Å². The third-order valence-corrected chi connectivity index (χ3v) is 5.04. The number of nitrogens with one attached hydrogen (secondary N) is 1. The Labute approximate surface area is 105 Å². The Morgan fingerprint density at radius 1 is 1.29 bits per heavy atom. The van der Waals surface area contributed by atoms with Gasteiger partial charge in [0.25, 0.3) is 0 Å². The highest BCUT2D eigenvalue weighted by Crippen LogP contribution is 2.69. The van der Waals surface area contributed by atoms with E-state index in [4.69, 9.17) is 4.42 Å². The minimum absolute atomic E-state index is 0.434. The van der Waals surface area contributed by atoms with E-state index in [-0.39, 0.29) is 0 Å². The van der Waals surface area contributed by atoms with E-state index in [1.165, 1.54) is 5.56 Å². The molecule has 17 heavy (non-hydrogen) atoms. The van der Waals surface area contributed by atoms with E-state index in [0.29, 0.717) is 16.9 Å². The molecule has 1 aliphatic rings. The molecule has 2 rings (SSSR count). The van der Waals surface area contributed by atoms with E-state index in [1.807, 2.05) is 6.26 Å². The van der Waals surface area contributed by atoms with Crippen molar-refractivity contribution in [3.05, 3.63) is 24.2 Å². The maximum Gasteiger partial charge on any atom is 0.0935 e. The van der Waals surface area contributed by atoms with Crippen molar-refractivity contribution in [3.63, 3.8) is 0 Å². The lowest BCUT2D eigenvalue weighted by Gasteiger charge is -2.19. The predicted octanol–water partition coefficient (Wildman–Crippen LogP) is 3.48. The van der Waals surface area contributed by atoms with Crippen LogP contribution in [0.15, 0.2) is 23.0 Å². The molecule has 2 nitrogen and oxygen atoms in total. The van der Waals surface area contributed by atoms with Gasteiger partial charge in [0.05, 0.1) is 12.5 Å².